The average molecular weight is 437 g/mol. The van der Waals surface area contributed by atoms with Crippen molar-refractivity contribution in [2.45, 2.75) is 37.6 Å². The lowest BCUT2D eigenvalue weighted by molar-refractivity contribution is 0.193. The SMILES string of the molecule is Fc1ccc(CCCCN2CC[C@H]3[C@H](C2)c2cc(F)ccc2N3c2ccc(F)cc2)cc1. The van der Waals surface area contributed by atoms with E-state index < -0.39 is 0 Å². The van der Waals surface area contributed by atoms with Gasteiger partial charge in [0.1, 0.15) is 17.5 Å². The minimum atomic E-state index is -0.251. The first-order valence-electron chi connectivity index (χ1n) is 11.4. The molecule has 0 spiro atoms. The summed E-state index contributed by atoms with van der Waals surface area (Å²) in [5.74, 6) is -0.421. The number of anilines is 2. The first-order valence-corrected chi connectivity index (χ1v) is 11.4. The van der Waals surface area contributed by atoms with Crippen molar-refractivity contribution >= 4 is 11.4 Å². The highest BCUT2D eigenvalue weighted by Gasteiger charge is 2.42. The third-order valence-electron chi connectivity index (χ3n) is 6.85. The lowest BCUT2D eigenvalue weighted by Crippen LogP contribution is -2.45. The summed E-state index contributed by atoms with van der Waals surface area (Å²) in [6, 6.07) is 18.7. The van der Waals surface area contributed by atoms with Crippen molar-refractivity contribution in [2.75, 3.05) is 24.5 Å². The van der Waals surface area contributed by atoms with Crippen LogP contribution >= 0.6 is 0 Å². The van der Waals surface area contributed by atoms with Crippen LogP contribution in [0.2, 0.25) is 0 Å². The molecule has 0 bridgehead atoms. The second-order valence-electron chi connectivity index (χ2n) is 8.90. The molecular formula is C27H27F3N2. The molecule has 166 valence electrons. The Morgan fingerprint density at radius 3 is 2.22 bits per heavy atom. The van der Waals surface area contributed by atoms with Gasteiger partial charge in [-0.1, -0.05) is 12.1 Å². The maximum Gasteiger partial charge on any atom is 0.123 e. The van der Waals surface area contributed by atoms with E-state index >= 15 is 0 Å². The molecule has 0 aliphatic carbocycles. The van der Waals surface area contributed by atoms with Crippen LogP contribution in [0.4, 0.5) is 24.5 Å². The Bertz CT molecular complexity index is 1070. The average Bonchev–Trinajstić information content (AvgIpc) is 3.11. The number of piperidine rings is 1. The van der Waals surface area contributed by atoms with Crippen LogP contribution in [0, 0.1) is 17.5 Å². The monoisotopic (exact) mass is 436 g/mol. The van der Waals surface area contributed by atoms with E-state index in [0.717, 1.165) is 62.3 Å². The Balaban J connectivity index is 1.26. The number of hydrogen-bond donors (Lipinski definition) is 0. The largest absolute Gasteiger partial charge is 0.337 e. The van der Waals surface area contributed by atoms with Crippen molar-refractivity contribution in [3.05, 3.63) is 95.3 Å². The van der Waals surface area contributed by atoms with Crippen LogP contribution in [0.5, 0.6) is 0 Å². The van der Waals surface area contributed by atoms with Crippen molar-refractivity contribution in [3.8, 4) is 0 Å². The molecule has 0 radical (unpaired) electrons. The number of rotatable bonds is 6. The van der Waals surface area contributed by atoms with Crippen LogP contribution < -0.4 is 4.90 Å². The Kier molecular flexibility index (Phi) is 5.92. The molecule has 1 saturated heterocycles. The number of halogens is 3. The zero-order valence-electron chi connectivity index (χ0n) is 18.0. The fraction of sp³-hybridized carbons (Fsp3) is 0.333. The fourth-order valence-corrected chi connectivity index (χ4v) is 5.29. The molecule has 1 fully saturated rings. The molecule has 2 atom stereocenters. The van der Waals surface area contributed by atoms with Crippen LogP contribution in [0.3, 0.4) is 0 Å². The molecule has 0 aromatic heterocycles. The highest BCUT2D eigenvalue weighted by molar-refractivity contribution is 5.73. The molecule has 2 aliphatic heterocycles. The molecule has 2 heterocycles. The van der Waals surface area contributed by atoms with Gasteiger partial charge in [0, 0.05) is 36.4 Å². The van der Waals surface area contributed by atoms with E-state index in [1.165, 1.54) is 35.9 Å². The van der Waals surface area contributed by atoms with Crippen molar-refractivity contribution in [1.29, 1.82) is 0 Å². The number of fused-ring (bicyclic) bond motifs is 3. The van der Waals surface area contributed by atoms with Crippen LogP contribution in [0.1, 0.15) is 36.3 Å². The highest BCUT2D eigenvalue weighted by Crippen LogP contribution is 2.48. The number of unbranched alkanes of at least 4 members (excludes halogenated alkanes) is 1. The Hall–Kier alpha value is -2.79. The molecule has 2 nitrogen and oxygen atoms in total. The third-order valence-corrected chi connectivity index (χ3v) is 6.85. The molecule has 2 aliphatic rings. The number of hydrogen-bond acceptors (Lipinski definition) is 2. The Morgan fingerprint density at radius 2 is 1.47 bits per heavy atom. The van der Waals surface area contributed by atoms with E-state index in [9.17, 15) is 13.2 Å². The molecule has 5 rings (SSSR count). The van der Waals surface area contributed by atoms with Gasteiger partial charge < -0.3 is 9.80 Å². The predicted octanol–water partition coefficient (Wildman–Crippen LogP) is 6.44. The molecular weight excluding hydrogens is 409 g/mol. The molecule has 0 N–H and O–H groups in total. The van der Waals surface area contributed by atoms with E-state index in [2.05, 4.69) is 9.80 Å². The zero-order valence-corrected chi connectivity index (χ0v) is 18.0. The van der Waals surface area contributed by atoms with Crippen molar-refractivity contribution in [1.82, 2.24) is 4.90 Å². The lowest BCUT2D eigenvalue weighted by atomic mass is 9.88. The summed E-state index contributed by atoms with van der Waals surface area (Å²) in [4.78, 5) is 4.75. The lowest BCUT2D eigenvalue weighted by Gasteiger charge is -2.39. The zero-order chi connectivity index (χ0) is 22.1. The van der Waals surface area contributed by atoms with Gasteiger partial charge in [-0.2, -0.15) is 0 Å². The summed E-state index contributed by atoms with van der Waals surface area (Å²) in [6.07, 6.45) is 4.07. The van der Waals surface area contributed by atoms with Crippen molar-refractivity contribution < 1.29 is 13.2 Å². The van der Waals surface area contributed by atoms with Crippen LogP contribution in [0.15, 0.2) is 66.7 Å². The number of aryl methyl sites for hydroxylation is 1. The fourth-order valence-electron chi connectivity index (χ4n) is 5.29. The number of benzene rings is 3. The van der Waals surface area contributed by atoms with Gasteiger partial charge in [0.25, 0.3) is 0 Å². The van der Waals surface area contributed by atoms with Gasteiger partial charge >= 0.3 is 0 Å². The molecule has 5 heteroatoms. The minimum Gasteiger partial charge on any atom is -0.337 e. The summed E-state index contributed by atoms with van der Waals surface area (Å²) < 4.78 is 40.7. The van der Waals surface area contributed by atoms with E-state index in [1.54, 1.807) is 6.07 Å². The molecule has 3 aromatic carbocycles. The van der Waals surface area contributed by atoms with Gasteiger partial charge in [-0.15, -0.1) is 0 Å². The summed E-state index contributed by atoms with van der Waals surface area (Å²) >= 11 is 0. The topological polar surface area (TPSA) is 6.48 Å². The van der Waals surface area contributed by atoms with Crippen molar-refractivity contribution in [2.24, 2.45) is 0 Å². The van der Waals surface area contributed by atoms with Gasteiger partial charge in [-0.05, 0) is 98.0 Å². The van der Waals surface area contributed by atoms with Gasteiger partial charge in [-0.25, -0.2) is 13.2 Å². The summed E-state index contributed by atoms with van der Waals surface area (Å²) in [5.41, 5.74) is 4.21. The van der Waals surface area contributed by atoms with E-state index in [-0.39, 0.29) is 29.4 Å². The maximum atomic E-state index is 14.1. The van der Waals surface area contributed by atoms with Crippen molar-refractivity contribution in [3.63, 3.8) is 0 Å². The van der Waals surface area contributed by atoms with Crippen LogP contribution in [0.25, 0.3) is 0 Å². The maximum absolute atomic E-state index is 14.1. The Labute approximate surface area is 187 Å². The van der Waals surface area contributed by atoms with Gasteiger partial charge in [0.15, 0.2) is 0 Å². The molecule has 0 unspecified atom stereocenters. The van der Waals surface area contributed by atoms with E-state index in [0.29, 0.717) is 0 Å². The van der Waals surface area contributed by atoms with Crippen LogP contribution in [-0.2, 0) is 6.42 Å². The van der Waals surface area contributed by atoms with Crippen LogP contribution in [-0.4, -0.2) is 30.6 Å². The van der Waals surface area contributed by atoms with E-state index in [1.807, 2.05) is 30.3 Å². The molecule has 0 amide bonds. The molecule has 32 heavy (non-hydrogen) atoms. The Morgan fingerprint density at radius 1 is 0.781 bits per heavy atom. The normalized spacial score (nSPS) is 20.3. The second-order valence-corrected chi connectivity index (χ2v) is 8.90. The second kappa shape index (κ2) is 8.99. The minimum absolute atomic E-state index is 0.195. The van der Waals surface area contributed by atoms with E-state index in [4.69, 9.17) is 0 Å². The number of likely N-dealkylation sites (tertiary alicyclic amines) is 1. The first kappa shape index (κ1) is 21.1. The quantitative estimate of drug-likeness (QED) is 0.411. The van der Waals surface area contributed by atoms with Gasteiger partial charge in [-0.3, -0.25) is 0 Å². The first-order chi connectivity index (χ1) is 15.6. The van der Waals surface area contributed by atoms with Gasteiger partial charge in [0.2, 0.25) is 0 Å². The molecule has 3 aromatic rings. The summed E-state index contributed by atoms with van der Waals surface area (Å²) in [6.45, 7) is 2.90. The smallest absolute Gasteiger partial charge is 0.123 e. The van der Waals surface area contributed by atoms with Gasteiger partial charge in [0.05, 0.1) is 0 Å². The number of nitrogens with zero attached hydrogens (tertiary/aromatic N) is 2. The standard InChI is InChI=1S/C27H27F3N2/c28-20-6-4-19(5-7-20)3-1-2-15-31-16-14-27-25(18-31)24-17-22(30)10-13-26(24)32(27)23-11-8-21(29)9-12-23/h4-13,17,25,27H,1-3,14-16,18H2/t25-,27+/m1/s1. The highest BCUT2D eigenvalue weighted by atomic mass is 19.1. The molecule has 0 saturated carbocycles. The predicted molar refractivity (Wildman–Crippen MR) is 122 cm³/mol. The third kappa shape index (κ3) is 4.26. The summed E-state index contributed by atoms with van der Waals surface area (Å²) in [5, 5.41) is 0. The summed E-state index contributed by atoms with van der Waals surface area (Å²) in [7, 11) is 0.